The lowest BCUT2D eigenvalue weighted by Crippen LogP contribution is -2.44. The highest BCUT2D eigenvalue weighted by atomic mass is 16.2. The van der Waals surface area contributed by atoms with Gasteiger partial charge >= 0.3 is 0 Å². The maximum absolute atomic E-state index is 12.6. The summed E-state index contributed by atoms with van der Waals surface area (Å²) in [6.07, 6.45) is 10.5. The quantitative estimate of drug-likeness (QED) is 0.759. The molecule has 1 saturated heterocycles. The Morgan fingerprint density at radius 3 is 2.88 bits per heavy atom. The van der Waals surface area contributed by atoms with Gasteiger partial charge in [0.1, 0.15) is 0 Å². The fraction of sp³-hybridized carbons (Fsp3) is 0.632. The van der Waals surface area contributed by atoms with Crippen LogP contribution in [0.5, 0.6) is 0 Å². The predicted octanol–water partition coefficient (Wildman–Crippen LogP) is 1.94. The second-order valence-corrected chi connectivity index (χ2v) is 7.22. The number of piperidine rings is 1. The number of amides is 1. The van der Waals surface area contributed by atoms with Crippen LogP contribution in [0.3, 0.4) is 0 Å². The minimum atomic E-state index is 0.180. The molecule has 2 aromatic rings. The van der Waals surface area contributed by atoms with E-state index in [2.05, 4.69) is 28.2 Å². The number of aryl methyl sites for hydroxylation is 2. The van der Waals surface area contributed by atoms with Crippen LogP contribution in [-0.4, -0.2) is 61.9 Å². The van der Waals surface area contributed by atoms with Crippen molar-refractivity contribution in [2.45, 2.75) is 38.8 Å². The van der Waals surface area contributed by atoms with Gasteiger partial charge in [0.05, 0.1) is 6.20 Å². The lowest BCUT2D eigenvalue weighted by atomic mass is 9.85. The van der Waals surface area contributed by atoms with Crippen molar-refractivity contribution in [2.75, 3.05) is 26.7 Å². The van der Waals surface area contributed by atoms with Crippen molar-refractivity contribution in [3.05, 3.63) is 36.4 Å². The fourth-order valence-electron chi connectivity index (χ4n) is 4.06. The number of likely N-dealkylation sites (tertiary alicyclic amines) is 1. The Hall–Kier alpha value is -2.15. The minimum Gasteiger partial charge on any atom is -0.345 e. The van der Waals surface area contributed by atoms with Crippen LogP contribution in [0.2, 0.25) is 0 Å². The molecule has 1 aliphatic rings. The van der Waals surface area contributed by atoms with Gasteiger partial charge in [-0.15, -0.1) is 0 Å². The molecule has 1 aliphatic heterocycles. The van der Waals surface area contributed by atoms with Gasteiger partial charge in [-0.1, -0.05) is 6.92 Å². The summed E-state index contributed by atoms with van der Waals surface area (Å²) in [5.74, 6) is 0.616. The number of carbonyl (C=O) groups excluding carboxylic acids is 1. The summed E-state index contributed by atoms with van der Waals surface area (Å²) in [6.45, 7) is 5.77. The first-order valence-electron chi connectivity index (χ1n) is 9.52. The van der Waals surface area contributed by atoms with Crippen molar-refractivity contribution in [1.82, 2.24) is 29.4 Å². The summed E-state index contributed by atoms with van der Waals surface area (Å²) < 4.78 is 3.68. The highest BCUT2D eigenvalue weighted by Crippen LogP contribution is 2.36. The Balaban J connectivity index is 1.64. The van der Waals surface area contributed by atoms with E-state index in [1.54, 1.807) is 6.20 Å². The Bertz CT molecular complexity index is 695. The Morgan fingerprint density at radius 1 is 1.38 bits per heavy atom. The molecule has 7 heteroatoms. The molecule has 0 saturated carbocycles. The highest BCUT2D eigenvalue weighted by molar-refractivity contribution is 5.75. The van der Waals surface area contributed by atoms with E-state index in [0.717, 1.165) is 26.1 Å². The van der Waals surface area contributed by atoms with Crippen LogP contribution in [-0.2, 0) is 18.4 Å². The van der Waals surface area contributed by atoms with Crippen LogP contribution >= 0.6 is 0 Å². The van der Waals surface area contributed by atoms with Crippen LogP contribution in [0.1, 0.15) is 37.8 Å². The van der Waals surface area contributed by atoms with Crippen LogP contribution in [0.4, 0.5) is 0 Å². The summed E-state index contributed by atoms with van der Waals surface area (Å²) in [6, 6.07) is 2.22. The van der Waals surface area contributed by atoms with Gasteiger partial charge < -0.3 is 4.90 Å². The molecule has 0 aromatic carbocycles. The van der Waals surface area contributed by atoms with Crippen molar-refractivity contribution in [3.63, 3.8) is 0 Å². The zero-order chi connectivity index (χ0) is 18.5. The van der Waals surface area contributed by atoms with Crippen LogP contribution in [0, 0.1) is 5.92 Å². The normalized spacial score (nSPS) is 21.0. The highest BCUT2D eigenvalue weighted by Gasteiger charge is 2.33. The van der Waals surface area contributed by atoms with E-state index >= 15 is 0 Å². The number of rotatable bonds is 7. The van der Waals surface area contributed by atoms with Gasteiger partial charge in [0, 0.05) is 63.8 Å². The molecule has 0 N–H and O–H groups in total. The molecule has 0 unspecified atom stereocenters. The molecule has 0 aliphatic carbocycles. The SMILES string of the molecule is CCN1CCC[C@@H](CN(C)C(=O)CCn2cccn2)[C@@H]1c1cnn(C)c1. The monoisotopic (exact) mass is 358 g/mol. The van der Waals surface area contributed by atoms with E-state index in [-0.39, 0.29) is 5.91 Å². The molecule has 3 heterocycles. The molecule has 3 rings (SSSR count). The second kappa shape index (κ2) is 8.49. The summed E-state index contributed by atoms with van der Waals surface area (Å²) in [4.78, 5) is 17.0. The van der Waals surface area contributed by atoms with E-state index in [0.29, 0.717) is 24.9 Å². The average molecular weight is 358 g/mol. The third-order valence-corrected chi connectivity index (χ3v) is 5.38. The lowest BCUT2D eigenvalue weighted by Gasteiger charge is -2.42. The molecule has 0 bridgehead atoms. The van der Waals surface area contributed by atoms with Gasteiger partial charge in [-0.3, -0.25) is 19.1 Å². The van der Waals surface area contributed by atoms with E-state index in [1.807, 2.05) is 46.8 Å². The molecule has 0 radical (unpaired) electrons. The predicted molar refractivity (Wildman–Crippen MR) is 100 cm³/mol. The van der Waals surface area contributed by atoms with Crippen molar-refractivity contribution < 1.29 is 4.79 Å². The van der Waals surface area contributed by atoms with Gasteiger partial charge in [-0.2, -0.15) is 10.2 Å². The molecule has 26 heavy (non-hydrogen) atoms. The first kappa shape index (κ1) is 18.6. The van der Waals surface area contributed by atoms with Gasteiger partial charge in [0.25, 0.3) is 0 Å². The molecule has 1 amide bonds. The van der Waals surface area contributed by atoms with Crippen molar-refractivity contribution >= 4 is 5.91 Å². The summed E-state index contributed by atoms with van der Waals surface area (Å²) in [5, 5.41) is 8.54. The van der Waals surface area contributed by atoms with E-state index in [9.17, 15) is 4.79 Å². The van der Waals surface area contributed by atoms with Crippen molar-refractivity contribution in [2.24, 2.45) is 13.0 Å². The Morgan fingerprint density at radius 2 is 2.23 bits per heavy atom. The first-order chi connectivity index (χ1) is 12.6. The van der Waals surface area contributed by atoms with Crippen molar-refractivity contribution in [3.8, 4) is 0 Å². The maximum atomic E-state index is 12.6. The average Bonchev–Trinajstić information content (AvgIpc) is 3.30. The third-order valence-electron chi connectivity index (χ3n) is 5.38. The number of aromatic nitrogens is 4. The molecule has 0 spiro atoms. The number of hydrogen-bond acceptors (Lipinski definition) is 4. The summed E-state index contributed by atoms with van der Waals surface area (Å²) in [7, 11) is 3.89. The van der Waals surface area contributed by atoms with Crippen LogP contribution < -0.4 is 0 Å². The summed E-state index contributed by atoms with van der Waals surface area (Å²) in [5.41, 5.74) is 1.26. The minimum absolute atomic E-state index is 0.180. The van der Waals surface area contributed by atoms with Gasteiger partial charge in [0.15, 0.2) is 0 Å². The smallest absolute Gasteiger partial charge is 0.224 e. The number of carbonyl (C=O) groups is 1. The molecule has 1 fully saturated rings. The molecular weight excluding hydrogens is 328 g/mol. The van der Waals surface area contributed by atoms with Gasteiger partial charge in [-0.25, -0.2) is 0 Å². The maximum Gasteiger partial charge on any atom is 0.224 e. The topological polar surface area (TPSA) is 59.2 Å². The standard InChI is InChI=1S/C19H30N6O/c1-4-24-10-5-7-16(19(24)17-13-21-23(3)15-17)14-22(2)18(26)8-12-25-11-6-9-20-25/h6,9,11,13,15-16,19H,4-5,7-8,10,12,14H2,1-3H3/t16-,19+/m0/s1. The largest absolute Gasteiger partial charge is 0.345 e. The molecule has 2 atom stereocenters. The number of nitrogens with zero attached hydrogens (tertiary/aromatic N) is 6. The van der Waals surface area contributed by atoms with E-state index < -0.39 is 0 Å². The van der Waals surface area contributed by atoms with Gasteiger partial charge in [-0.05, 0) is 37.9 Å². The second-order valence-electron chi connectivity index (χ2n) is 7.22. The number of hydrogen-bond donors (Lipinski definition) is 0. The summed E-state index contributed by atoms with van der Waals surface area (Å²) >= 11 is 0. The first-order valence-corrected chi connectivity index (χ1v) is 9.52. The Kier molecular flexibility index (Phi) is 6.08. The Labute approximate surface area is 155 Å². The molecule has 2 aromatic heterocycles. The van der Waals surface area contributed by atoms with Crippen molar-refractivity contribution in [1.29, 1.82) is 0 Å². The zero-order valence-corrected chi connectivity index (χ0v) is 16.1. The van der Waals surface area contributed by atoms with Gasteiger partial charge in [0.2, 0.25) is 5.91 Å². The van der Waals surface area contributed by atoms with E-state index in [1.165, 1.54) is 12.0 Å². The van der Waals surface area contributed by atoms with E-state index in [4.69, 9.17) is 0 Å². The fourth-order valence-corrected chi connectivity index (χ4v) is 4.06. The lowest BCUT2D eigenvalue weighted by molar-refractivity contribution is -0.131. The molecule has 7 nitrogen and oxygen atoms in total. The third kappa shape index (κ3) is 4.33. The molecule has 142 valence electrons. The zero-order valence-electron chi connectivity index (χ0n) is 16.1. The van der Waals surface area contributed by atoms with Crippen LogP contribution in [0.25, 0.3) is 0 Å². The van der Waals surface area contributed by atoms with Crippen LogP contribution in [0.15, 0.2) is 30.9 Å². The molecular formula is C19H30N6O.